The molecule has 0 spiro atoms. The van der Waals surface area contributed by atoms with Gasteiger partial charge in [-0.1, -0.05) is 13.8 Å². The first kappa shape index (κ1) is 11.8. The van der Waals surface area contributed by atoms with Crippen LogP contribution in [0, 0.1) is 17.3 Å². The third kappa shape index (κ3) is 1.75. The van der Waals surface area contributed by atoms with Crippen molar-refractivity contribution in [1.29, 1.82) is 0 Å². The zero-order valence-electron chi connectivity index (χ0n) is 7.96. The van der Waals surface area contributed by atoms with Crippen LogP contribution in [-0.4, -0.2) is 28.1 Å². The van der Waals surface area contributed by atoms with Gasteiger partial charge in [0, 0.05) is 5.92 Å². The fourth-order valence-corrected chi connectivity index (χ4v) is 2.76. The van der Waals surface area contributed by atoms with Crippen molar-refractivity contribution < 1.29 is 14.7 Å². The van der Waals surface area contributed by atoms with Crippen LogP contribution < -0.4 is 0 Å². The van der Waals surface area contributed by atoms with E-state index in [9.17, 15) is 9.59 Å². The van der Waals surface area contributed by atoms with Gasteiger partial charge in [0.2, 0.25) is 0 Å². The lowest BCUT2D eigenvalue weighted by atomic mass is 10.1. The lowest BCUT2D eigenvalue weighted by molar-refractivity contribution is -0.139. The predicted molar refractivity (Wildman–Crippen MR) is 53.8 cm³/mol. The van der Waals surface area contributed by atoms with Crippen LogP contribution in [0.5, 0.6) is 0 Å². The van der Waals surface area contributed by atoms with E-state index in [0.29, 0.717) is 0 Å². The maximum absolute atomic E-state index is 11.2. The number of alkyl halides is 2. The summed E-state index contributed by atoms with van der Waals surface area (Å²) in [6.45, 7) is 3.60. The number of hydrogen-bond donors (Lipinski definition) is 1. The maximum Gasteiger partial charge on any atom is 0.307 e. The second-order valence-corrected chi connectivity index (χ2v) is 4.90. The largest absolute Gasteiger partial charge is 0.481 e. The Hall–Kier alpha value is -0.280. The number of halogens is 2. The summed E-state index contributed by atoms with van der Waals surface area (Å²) in [5.74, 6) is -2.18. The molecule has 1 N–H and O–H groups in total. The lowest BCUT2D eigenvalue weighted by Crippen LogP contribution is -2.21. The van der Waals surface area contributed by atoms with Crippen LogP contribution in [-0.2, 0) is 9.59 Å². The van der Waals surface area contributed by atoms with Crippen LogP contribution in [0.4, 0.5) is 0 Å². The third-order valence-electron chi connectivity index (χ3n) is 2.93. The van der Waals surface area contributed by atoms with E-state index in [1.807, 2.05) is 0 Å². The quantitative estimate of drug-likeness (QED) is 0.760. The van der Waals surface area contributed by atoms with E-state index in [1.165, 1.54) is 0 Å². The Morgan fingerprint density at radius 2 is 2.00 bits per heavy atom. The van der Waals surface area contributed by atoms with Crippen LogP contribution >= 0.6 is 23.2 Å². The smallest absolute Gasteiger partial charge is 0.307 e. The molecule has 0 heterocycles. The molecule has 1 rings (SSSR count). The number of carbonyl (C=O) groups is 2. The lowest BCUT2D eigenvalue weighted by Gasteiger charge is -2.06. The molecule has 0 aromatic carbocycles. The Morgan fingerprint density at radius 1 is 1.50 bits per heavy atom. The molecule has 0 amide bonds. The van der Waals surface area contributed by atoms with Crippen LogP contribution in [0.2, 0.25) is 0 Å². The van der Waals surface area contributed by atoms with Crippen molar-refractivity contribution in [2.24, 2.45) is 17.3 Å². The fraction of sp³-hybridized carbons (Fsp3) is 0.778. The summed E-state index contributed by atoms with van der Waals surface area (Å²) in [4.78, 5) is 22.0. The molecular formula is C9H12Cl2O3. The number of ketones is 1. The van der Waals surface area contributed by atoms with Gasteiger partial charge in [-0.15, -0.1) is 23.2 Å². The highest BCUT2D eigenvalue weighted by Gasteiger charge is 2.65. The van der Waals surface area contributed by atoms with Crippen LogP contribution in [0.1, 0.15) is 13.8 Å². The Morgan fingerprint density at radius 3 is 2.29 bits per heavy atom. The second-order valence-electron chi connectivity index (χ2n) is 4.16. The van der Waals surface area contributed by atoms with Gasteiger partial charge in [0.1, 0.15) is 0 Å². The monoisotopic (exact) mass is 238 g/mol. The highest BCUT2D eigenvalue weighted by molar-refractivity contribution is 6.38. The van der Waals surface area contributed by atoms with E-state index in [4.69, 9.17) is 28.3 Å². The van der Waals surface area contributed by atoms with Crippen molar-refractivity contribution in [3.63, 3.8) is 0 Å². The molecule has 0 aliphatic heterocycles. The van der Waals surface area contributed by atoms with Crippen LogP contribution in [0.15, 0.2) is 0 Å². The number of rotatable bonds is 4. The van der Waals surface area contributed by atoms with Crippen molar-refractivity contribution >= 4 is 35.0 Å². The van der Waals surface area contributed by atoms with Crippen molar-refractivity contribution in [2.45, 2.75) is 19.2 Å². The first-order chi connectivity index (χ1) is 6.34. The molecule has 0 saturated heterocycles. The molecule has 1 fully saturated rings. The molecule has 14 heavy (non-hydrogen) atoms. The van der Waals surface area contributed by atoms with Gasteiger partial charge in [-0.25, -0.2) is 0 Å². The average Bonchev–Trinajstić information content (AvgIpc) is 2.66. The fourth-order valence-electron chi connectivity index (χ4n) is 1.97. The minimum Gasteiger partial charge on any atom is -0.481 e. The predicted octanol–water partition coefficient (Wildman–Crippen LogP) is 1.76. The zero-order chi connectivity index (χ0) is 11.1. The summed E-state index contributed by atoms with van der Waals surface area (Å²) in [5.41, 5.74) is -0.403. The normalized spacial score (nSPS) is 30.9. The van der Waals surface area contributed by atoms with E-state index in [2.05, 4.69) is 0 Å². The summed E-state index contributed by atoms with van der Waals surface area (Å²) in [7, 11) is 0. The minimum atomic E-state index is -0.895. The molecule has 3 nitrogen and oxygen atoms in total. The van der Waals surface area contributed by atoms with E-state index in [1.54, 1.807) is 13.8 Å². The molecule has 0 aromatic rings. The molecule has 80 valence electrons. The number of carboxylic acids is 1. The Balaban J connectivity index is 2.73. The van der Waals surface area contributed by atoms with Gasteiger partial charge in [0.05, 0.1) is 17.2 Å². The molecule has 0 bridgehead atoms. The van der Waals surface area contributed by atoms with Crippen molar-refractivity contribution in [1.82, 2.24) is 0 Å². The Kier molecular flexibility index (Phi) is 3.12. The van der Waals surface area contributed by atoms with E-state index >= 15 is 0 Å². The first-order valence-corrected chi connectivity index (χ1v) is 5.26. The molecule has 1 saturated carbocycles. The number of carboxylic acid groups (broad SMARTS) is 1. The van der Waals surface area contributed by atoms with E-state index < -0.39 is 22.7 Å². The van der Waals surface area contributed by atoms with Gasteiger partial charge >= 0.3 is 5.97 Å². The third-order valence-corrected chi connectivity index (χ3v) is 3.71. The summed E-state index contributed by atoms with van der Waals surface area (Å²) in [5, 5.41) is 8.09. The molecular weight excluding hydrogens is 227 g/mol. The van der Waals surface area contributed by atoms with Crippen molar-refractivity contribution in [2.75, 3.05) is 5.88 Å². The first-order valence-electron chi connectivity index (χ1n) is 4.29. The SMILES string of the molecule is CC1(C)C(C(=O)O)C1C(Cl)C(=O)CCl. The van der Waals surface area contributed by atoms with Crippen LogP contribution in [0.3, 0.4) is 0 Å². The van der Waals surface area contributed by atoms with Gasteiger partial charge in [-0.3, -0.25) is 9.59 Å². The van der Waals surface area contributed by atoms with Gasteiger partial charge in [0.25, 0.3) is 0 Å². The molecule has 3 atom stereocenters. The van der Waals surface area contributed by atoms with Gasteiger partial charge in [-0.2, -0.15) is 0 Å². The van der Waals surface area contributed by atoms with Crippen molar-refractivity contribution in [3.05, 3.63) is 0 Å². The number of aliphatic carboxylic acids is 1. The summed E-state index contributed by atoms with van der Waals surface area (Å²) < 4.78 is 0. The van der Waals surface area contributed by atoms with E-state index in [-0.39, 0.29) is 17.6 Å². The van der Waals surface area contributed by atoms with Gasteiger partial charge < -0.3 is 5.11 Å². The Labute approximate surface area is 92.4 Å². The van der Waals surface area contributed by atoms with E-state index in [0.717, 1.165) is 0 Å². The topological polar surface area (TPSA) is 54.4 Å². The number of Topliss-reactive ketones (excluding diaryl/α,β-unsaturated/α-hetero) is 1. The molecule has 0 radical (unpaired) electrons. The number of hydrogen-bond acceptors (Lipinski definition) is 2. The summed E-state index contributed by atoms with van der Waals surface area (Å²) in [6, 6.07) is 0. The van der Waals surface area contributed by atoms with Crippen molar-refractivity contribution in [3.8, 4) is 0 Å². The highest BCUT2D eigenvalue weighted by Crippen LogP contribution is 2.61. The average molecular weight is 239 g/mol. The molecule has 1 aliphatic carbocycles. The standard InChI is InChI=1S/C9H12Cl2O3/c1-9(2)5(6(9)8(13)14)7(11)4(12)3-10/h5-7H,3H2,1-2H3,(H,13,14). The molecule has 3 unspecified atom stereocenters. The summed E-state index contributed by atoms with van der Waals surface area (Å²) in [6.07, 6.45) is 0. The van der Waals surface area contributed by atoms with Crippen LogP contribution in [0.25, 0.3) is 0 Å². The zero-order valence-corrected chi connectivity index (χ0v) is 9.47. The highest BCUT2D eigenvalue weighted by atomic mass is 35.5. The van der Waals surface area contributed by atoms with Gasteiger partial charge in [0.15, 0.2) is 5.78 Å². The van der Waals surface area contributed by atoms with Gasteiger partial charge in [-0.05, 0) is 5.41 Å². The maximum atomic E-state index is 11.2. The molecule has 5 heteroatoms. The molecule has 1 aliphatic rings. The summed E-state index contributed by atoms with van der Waals surface area (Å²) >= 11 is 11.2. The second kappa shape index (κ2) is 3.70. The number of carbonyl (C=O) groups excluding carboxylic acids is 1. The minimum absolute atomic E-state index is 0.160. The molecule has 0 aromatic heterocycles. The Bertz CT molecular complexity index is 275.